The van der Waals surface area contributed by atoms with E-state index in [-0.39, 0.29) is 6.04 Å². The van der Waals surface area contributed by atoms with Crippen molar-refractivity contribution in [3.63, 3.8) is 0 Å². The molecule has 2 aromatic rings. The van der Waals surface area contributed by atoms with Crippen LogP contribution in [0.5, 0.6) is 0 Å². The van der Waals surface area contributed by atoms with Crippen molar-refractivity contribution in [2.24, 2.45) is 0 Å². The SMILES string of the molecule is CNC(Cc1ccccn1)c1ncc(Cl)cc1Cl. The lowest BCUT2D eigenvalue weighted by Gasteiger charge is -2.16. The number of aromatic nitrogens is 2. The van der Waals surface area contributed by atoms with Crippen LogP contribution < -0.4 is 5.32 Å². The molecule has 5 heteroatoms. The largest absolute Gasteiger partial charge is 0.311 e. The van der Waals surface area contributed by atoms with Gasteiger partial charge in [-0.1, -0.05) is 29.3 Å². The summed E-state index contributed by atoms with van der Waals surface area (Å²) in [6, 6.07) is 7.56. The highest BCUT2D eigenvalue weighted by Gasteiger charge is 2.15. The smallest absolute Gasteiger partial charge is 0.0764 e. The van der Waals surface area contributed by atoms with Crippen LogP contribution in [0.4, 0.5) is 0 Å². The molecule has 0 bridgehead atoms. The van der Waals surface area contributed by atoms with Crippen molar-refractivity contribution in [2.75, 3.05) is 7.05 Å². The van der Waals surface area contributed by atoms with Crippen LogP contribution in [0.1, 0.15) is 17.4 Å². The first-order valence-electron chi connectivity index (χ1n) is 5.59. The maximum absolute atomic E-state index is 6.16. The van der Waals surface area contributed by atoms with Crippen molar-refractivity contribution in [1.82, 2.24) is 15.3 Å². The summed E-state index contributed by atoms with van der Waals surface area (Å²) in [6.07, 6.45) is 4.11. The van der Waals surface area contributed by atoms with Gasteiger partial charge in [-0.2, -0.15) is 0 Å². The van der Waals surface area contributed by atoms with Crippen LogP contribution in [-0.4, -0.2) is 17.0 Å². The molecule has 94 valence electrons. The zero-order valence-electron chi connectivity index (χ0n) is 9.90. The summed E-state index contributed by atoms with van der Waals surface area (Å²) >= 11 is 12.0. The van der Waals surface area contributed by atoms with Crippen LogP contribution in [0.25, 0.3) is 0 Å². The molecule has 0 saturated carbocycles. The normalized spacial score (nSPS) is 12.4. The highest BCUT2D eigenvalue weighted by Crippen LogP contribution is 2.25. The van der Waals surface area contributed by atoms with Gasteiger partial charge in [0.1, 0.15) is 0 Å². The molecule has 2 rings (SSSR count). The number of nitrogens with one attached hydrogen (secondary N) is 1. The molecule has 2 heterocycles. The predicted octanol–water partition coefficient (Wildman–Crippen LogP) is 3.29. The van der Waals surface area contributed by atoms with Gasteiger partial charge in [0.2, 0.25) is 0 Å². The summed E-state index contributed by atoms with van der Waals surface area (Å²) in [6.45, 7) is 0. The Labute approximate surface area is 116 Å². The van der Waals surface area contributed by atoms with Gasteiger partial charge in [0.25, 0.3) is 0 Å². The number of nitrogens with zero attached hydrogens (tertiary/aromatic N) is 2. The molecule has 1 unspecified atom stereocenters. The van der Waals surface area contributed by atoms with Crippen molar-refractivity contribution in [1.29, 1.82) is 0 Å². The van der Waals surface area contributed by atoms with E-state index in [9.17, 15) is 0 Å². The van der Waals surface area contributed by atoms with E-state index in [4.69, 9.17) is 23.2 Å². The Kier molecular flexibility index (Phi) is 4.53. The van der Waals surface area contributed by atoms with Gasteiger partial charge in [0.05, 0.1) is 21.8 Å². The van der Waals surface area contributed by atoms with Gasteiger partial charge >= 0.3 is 0 Å². The topological polar surface area (TPSA) is 37.8 Å². The van der Waals surface area contributed by atoms with E-state index in [0.717, 1.165) is 17.8 Å². The van der Waals surface area contributed by atoms with E-state index in [1.54, 1.807) is 18.5 Å². The van der Waals surface area contributed by atoms with Crippen molar-refractivity contribution in [3.05, 3.63) is 58.1 Å². The van der Waals surface area contributed by atoms with Crippen LogP contribution in [0.2, 0.25) is 10.0 Å². The first-order chi connectivity index (χ1) is 8.70. The monoisotopic (exact) mass is 281 g/mol. The second-order valence-electron chi connectivity index (χ2n) is 3.89. The molecule has 1 atom stereocenters. The Morgan fingerprint density at radius 3 is 2.72 bits per heavy atom. The Morgan fingerprint density at radius 1 is 1.28 bits per heavy atom. The molecule has 2 aromatic heterocycles. The lowest BCUT2D eigenvalue weighted by atomic mass is 10.1. The maximum Gasteiger partial charge on any atom is 0.0764 e. The zero-order chi connectivity index (χ0) is 13.0. The van der Waals surface area contributed by atoms with Crippen LogP contribution in [0, 0.1) is 0 Å². The minimum atomic E-state index is 0.0182. The van der Waals surface area contributed by atoms with Crippen LogP contribution in [0.3, 0.4) is 0 Å². The quantitative estimate of drug-likeness (QED) is 0.935. The number of likely N-dealkylation sites (N-methyl/N-ethyl adjacent to an activating group) is 1. The van der Waals surface area contributed by atoms with Crippen LogP contribution in [-0.2, 0) is 6.42 Å². The zero-order valence-corrected chi connectivity index (χ0v) is 11.4. The Bertz CT molecular complexity index is 517. The second-order valence-corrected chi connectivity index (χ2v) is 4.73. The minimum absolute atomic E-state index is 0.0182. The van der Waals surface area contributed by atoms with Crippen molar-refractivity contribution in [3.8, 4) is 0 Å². The fraction of sp³-hybridized carbons (Fsp3) is 0.231. The van der Waals surface area contributed by atoms with Gasteiger partial charge < -0.3 is 5.32 Å². The molecule has 0 aromatic carbocycles. The number of pyridine rings is 2. The van der Waals surface area contributed by atoms with Gasteiger partial charge in [-0.3, -0.25) is 9.97 Å². The van der Waals surface area contributed by atoms with E-state index in [1.807, 2.05) is 25.2 Å². The third-order valence-corrected chi connectivity index (χ3v) is 3.16. The first-order valence-corrected chi connectivity index (χ1v) is 6.34. The lowest BCUT2D eigenvalue weighted by Crippen LogP contribution is -2.20. The predicted molar refractivity (Wildman–Crippen MR) is 74.0 cm³/mol. The fourth-order valence-electron chi connectivity index (χ4n) is 1.75. The molecule has 0 aliphatic heterocycles. The molecular formula is C13H13Cl2N3. The Hall–Kier alpha value is -1.16. The highest BCUT2D eigenvalue weighted by atomic mass is 35.5. The Balaban J connectivity index is 2.23. The fourth-order valence-corrected chi connectivity index (χ4v) is 2.26. The molecule has 0 aliphatic rings. The standard InChI is InChI=1S/C13H13Cl2N3/c1-16-12(7-10-4-2-3-5-17-10)13-11(15)6-9(14)8-18-13/h2-6,8,12,16H,7H2,1H3. The van der Waals surface area contributed by atoms with Crippen LogP contribution >= 0.6 is 23.2 Å². The molecule has 1 N–H and O–H groups in total. The molecule has 0 spiro atoms. The van der Waals surface area contributed by atoms with E-state index < -0.39 is 0 Å². The molecular weight excluding hydrogens is 269 g/mol. The summed E-state index contributed by atoms with van der Waals surface area (Å²) in [4.78, 5) is 8.59. The third kappa shape index (κ3) is 3.19. The maximum atomic E-state index is 6.16. The number of hydrogen-bond acceptors (Lipinski definition) is 3. The minimum Gasteiger partial charge on any atom is -0.311 e. The third-order valence-electron chi connectivity index (χ3n) is 2.65. The molecule has 0 radical (unpaired) electrons. The van der Waals surface area contributed by atoms with Gasteiger partial charge in [-0.25, -0.2) is 0 Å². The summed E-state index contributed by atoms with van der Waals surface area (Å²) in [7, 11) is 1.88. The van der Waals surface area contributed by atoms with Gasteiger partial charge in [0.15, 0.2) is 0 Å². The molecule has 0 aliphatic carbocycles. The van der Waals surface area contributed by atoms with E-state index in [1.165, 1.54) is 0 Å². The summed E-state index contributed by atoms with van der Waals surface area (Å²) in [5.74, 6) is 0. The molecule has 18 heavy (non-hydrogen) atoms. The molecule has 0 saturated heterocycles. The molecule has 0 amide bonds. The van der Waals surface area contributed by atoms with E-state index in [0.29, 0.717) is 10.0 Å². The van der Waals surface area contributed by atoms with E-state index >= 15 is 0 Å². The first kappa shape index (κ1) is 13.3. The average Bonchev–Trinajstić information content (AvgIpc) is 2.38. The highest BCUT2D eigenvalue weighted by molar-refractivity contribution is 6.34. The van der Waals surface area contributed by atoms with E-state index in [2.05, 4.69) is 15.3 Å². The summed E-state index contributed by atoms with van der Waals surface area (Å²) in [5.41, 5.74) is 1.78. The van der Waals surface area contributed by atoms with Crippen molar-refractivity contribution < 1.29 is 0 Å². The van der Waals surface area contributed by atoms with Gasteiger partial charge in [0, 0.05) is 24.5 Å². The Morgan fingerprint density at radius 2 is 2.11 bits per heavy atom. The summed E-state index contributed by atoms with van der Waals surface area (Å²) in [5, 5.41) is 4.30. The number of halogens is 2. The van der Waals surface area contributed by atoms with Gasteiger partial charge in [-0.15, -0.1) is 0 Å². The van der Waals surface area contributed by atoms with Crippen molar-refractivity contribution >= 4 is 23.2 Å². The second kappa shape index (κ2) is 6.14. The molecule has 0 fully saturated rings. The number of rotatable bonds is 4. The van der Waals surface area contributed by atoms with Crippen LogP contribution in [0.15, 0.2) is 36.7 Å². The lowest BCUT2D eigenvalue weighted by molar-refractivity contribution is 0.569. The molecule has 3 nitrogen and oxygen atoms in total. The number of hydrogen-bond donors (Lipinski definition) is 1. The van der Waals surface area contributed by atoms with Crippen molar-refractivity contribution in [2.45, 2.75) is 12.5 Å². The summed E-state index contributed by atoms with van der Waals surface area (Å²) < 4.78 is 0. The van der Waals surface area contributed by atoms with Gasteiger partial charge in [-0.05, 0) is 25.2 Å². The average molecular weight is 282 g/mol.